The summed E-state index contributed by atoms with van der Waals surface area (Å²) in [7, 11) is 0. The molecule has 0 atom stereocenters. The Morgan fingerprint density at radius 2 is 1.95 bits per heavy atom. The van der Waals surface area contributed by atoms with Crippen molar-refractivity contribution in [1.29, 1.82) is 0 Å². The van der Waals surface area contributed by atoms with Crippen LogP contribution in [0.5, 0.6) is 5.75 Å². The van der Waals surface area contributed by atoms with Crippen LogP contribution in [0.3, 0.4) is 0 Å². The molecule has 1 fully saturated rings. The summed E-state index contributed by atoms with van der Waals surface area (Å²) in [6, 6.07) is 5.49. The van der Waals surface area contributed by atoms with Gasteiger partial charge in [-0.15, -0.1) is 0 Å². The molecule has 1 aliphatic carbocycles. The first-order valence-electron chi connectivity index (χ1n) is 7.82. The normalized spacial score (nSPS) is 22.1. The Labute approximate surface area is 127 Å². The molecular weight excluding hydrogens is 264 g/mol. The average molecular weight is 290 g/mol. The van der Waals surface area contributed by atoms with Crippen molar-refractivity contribution in [3.8, 4) is 5.75 Å². The quantitative estimate of drug-likeness (QED) is 0.836. The second kappa shape index (κ2) is 6.83. The van der Waals surface area contributed by atoms with Crippen molar-refractivity contribution >= 4 is 11.6 Å². The van der Waals surface area contributed by atoms with Crippen molar-refractivity contribution in [3.05, 3.63) is 23.8 Å². The van der Waals surface area contributed by atoms with E-state index < -0.39 is 0 Å². The Bertz CT molecular complexity index is 492. The summed E-state index contributed by atoms with van der Waals surface area (Å²) in [5.74, 6) is 1.28. The van der Waals surface area contributed by atoms with Crippen LogP contribution in [0.4, 0.5) is 5.69 Å². The third-order valence-corrected chi connectivity index (χ3v) is 3.96. The van der Waals surface area contributed by atoms with Crippen LogP contribution in [0.25, 0.3) is 0 Å². The van der Waals surface area contributed by atoms with Crippen molar-refractivity contribution in [3.63, 3.8) is 0 Å². The topological polar surface area (TPSA) is 64.4 Å². The predicted molar refractivity (Wildman–Crippen MR) is 85.5 cm³/mol. The van der Waals surface area contributed by atoms with Crippen LogP contribution >= 0.6 is 0 Å². The van der Waals surface area contributed by atoms with Crippen LogP contribution in [0, 0.1) is 5.92 Å². The van der Waals surface area contributed by atoms with Gasteiger partial charge >= 0.3 is 0 Å². The molecule has 4 nitrogen and oxygen atoms in total. The number of hydrogen-bond donors (Lipinski definition) is 2. The summed E-state index contributed by atoms with van der Waals surface area (Å²) in [5.41, 5.74) is 6.92. The van der Waals surface area contributed by atoms with E-state index in [1.165, 1.54) is 12.8 Å². The minimum Gasteiger partial charge on any atom is -0.490 e. The highest BCUT2D eigenvalue weighted by molar-refractivity contribution is 5.98. The third-order valence-electron chi connectivity index (χ3n) is 3.96. The molecule has 0 unspecified atom stereocenters. The van der Waals surface area contributed by atoms with Crippen LogP contribution in [0.1, 0.15) is 56.8 Å². The summed E-state index contributed by atoms with van der Waals surface area (Å²) in [6.07, 6.45) is 4.48. The zero-order valence-electron chi connectivity index (χ0n) is 13.2. The zero-order chi connectivity index (χ0) is 15.4. The number of hydrogen-bond acceptors (Lipinski definition) is 3. The van der Waals surface area contributed by atoms with Crippen LogP contribution in [-0.4, -0.2) is 18.1 Å². The van der Waals surface area contributed by atoms with E-state index in [1.807, 2.05) is 13.8 Å². The lowest BCUT2D eigenvalue weighted by atomic mass is 9.87. The number of carbonyl (C=O) groups is 1. The van der Waals surface area contributed by atoms with Gasteiger partial charge in [0.1, 0.15) is 5.75 Å². The lowest BCUT2D eigenvalue weighted by Crippen LogP contribution is -2.37. The van der Waals surface area contributed by atoms with Gasteiger partial charge in [0.2, 0.25) is 0 Å². The molecule has 2 rings (SSSR count). The second-order valence-electron chi connectivity index (χ2n) is 6.35. The Morgan fingerprint density at radius 3 is 2.57 bits per heavy atom. The van der Waals surface area contributed by atoms with Crippen molar-refractivity contribution in [2.45, 2.75) is 58.6 Å². The van der Waals surface area contributed by atoms with Crippen LogP contribution < -0.4 is 15.8 Å². The van der Waals surface area contributed by atoms with Gasteiger partial charge in [-0.05, 0) is 63.6 Å². The molecule has 21 heavy (non-hydrogen) atoms. The van der Waals surface area contributed by atoms with Crippen LogP contribution in [-0.2, 0) is 0 Å². The number of carbonyl (C=O) groups excluding carboxylic acids is 1. The molecule has 1 aromatic rings. The van der Waals surface area contributed by atoms with Gasteiger partial charge in [-0.1, -0.05) is 6.92 Å². The Balaban J connectivity index is 2.08. The fraction of sp³-hybridized carbons (Fsp3) is 0.588. The van der Waals surface area contributed by atoms with Gasteiger partial charge < -0.3 is 15.8 Å². The van der Waals surface area contributed by atoms with E-state index in [0.717, 1.165) is 18.8 Å². The minimum absolute atomic E-state index is 0.0238. The van der Waals surface area contributed by atoms with Gasteiger partial charge in [0.15, 0.2) is 0 Å². The summed E-state index contributed by atoms with van der Waals surface area (Å²) in [4.78, 5) is 12.5. The van der Waals surface area contributed by atoms with E-state index in [2.05, 4.69) is 12.2 Å². The molecule has 3 N–H and O–H groups in total. The molecule has 0 saturated heterocycles. The van der Waals surface area contributed by atoms with Gasteiger partial charge in [0, 0.05) is 11.7 Å². The van der Waals surface area contributed by atoms with E-state index in [-0.39, 0.29) is 18.1 Å². The summed E-state index contributed by atoms with van der Waals surface area (Å²) in [6.45, 7) is 6.16. The maximum absolute atomic E-state index is 12.5. The fourth-order valence-electron chi connectivity index (χ4n) is 2.75. The number of rotatable bonds is 4. The lowest BCUT2D eigenvalue weighted by molar-refractivity contribution is 0.0917. The van der Waals surface area contributed by atoms with Gasteiger partial charge in [-0.25, -0.2) is 0 Å². The monoisotopic (exact) mass is 290 g/mol. The van der Waals surface area contributed by atoms with E-state index >= 15 is 0 Å². The first-order chi connectivity index (χ1) is 9.95. The SMILES string of the molecule is CC1CCC(NC(=O)c2cc(N)ccc2OC(C)C)CC1. The maximum atomic E-state index is 12.5. The van der Waals surface area contributed by atoms with E-state index in [1.54, 1.807) is 18.2 Å². The van der Waals surface area contributed by atoms with Gasteiger partial charge in [-0.3, -0.25) is 4.79 Å². The predicted octanol–water partition coefficient (Wildman–Crippen LogP) is 3.36. The maximum Gasteiger partial charge on any atom is 0.255 e. The van der Waals surface area contributed by atoms with Gasteiger partial charge in [-0.2, -0.15) is 0 Å². The molecule has 1 saturated carbocycles. The molecule has 0 heterocycles. The Morgan fingerprint density at radius 1 is 1.29 bits per heavy atom. The zero-order valence-corrected chi connectivity index (χ0v) is 13.2. The van der Waals surface area contributed by atoms with Crippen molar-refractivity contribution in [1.82, 2.24) is 5.32 Å². The highest BCUT2D eigenvalue weighted by Gasteiger charge is 2.22. The summed E-state index contributed by atoms with van der Waals surface area (Å²) in [5, 5.41) is 3.12. The third kappa shape index (κ3) is 4.38. The van der Waals surface area contributed by atoms with Crippen LogP contribution in [0.2, 0.25) is 0 Å². The van der Waals surface area contributed by atoms with Crippen molar-refractivity contribution in [2.24, 2.45) is 5.92 Å². The molecule has 0 aromatic heterocycles. The fourth-order valence-corrected chi connectivity index (χ4v) is 2.75. The van der Waals surface area contributed by atoms with Gasteiger partial charge in [0.05, 0.1) is 11.7 Å². The summed E-state index contributed by atoms with van der Waals surface area (Å²) >= 11 is 0. The van der Waals surface area contributed by atoms with E-state index in [0.29, 0.717) is 17.0 Å². The molecule has 4 heteroatoms. The molecule has 0 radical (unpaired) electrons. The number of amides is 1. The molecule has 116 valence electrons. The number of nitrogens with two attached hydrogens (primary N) is 1. The van der Waals surface area contributed by atoms with E-state index in [9.17, 15) is 4.79 Å². The standard InChI is InChI=1S/C17H26N2O2/c1-11(2)21-16-9-6-13(18)10-15(16)17(20)19-14-7-4-12(3)5-8-14/h6,9-12,14H,4-5,7-8,18H2,1-3H3,(H,19,20). The van der Waals surface area contributed by atoms with Crippen molar-refractivity contribution < 1.29 is 9.53 Å². The molecule has 0 spiro atoms. The number of benzene rings is 1. The number of ether oxygens (including phenoxy) is 1. The van der Waals surface area contributed by atoms with Crippen molar-refractivity contribution in [2.75, 3.05) is 5.73 Å². The molecule has 0 aliphatic heterocycles. The molecule has 1 aliphatic rings. The number of anilines is 1. The highest BCUT2D eigenvalue weighted by Crippen LogP contribution is 2.26. The molecule has 0 bridgehead atoms. The molecule has 1 amide bonds. The first kappa shape index (κ1) is 15.7. The minimum atomic E-state index is -0.0856. The molecular formula is C17H26N2O2. The lowest BCUT2D eigenvalue weighted by Gasteiger charge is -2.27. The summed E-state index contributed by atoms with van der Waals surface area (Å²) < 4.78 is 5.71. The Kier molecular flexibility index (Phi) is 5.10. The first-order valence-corrected chi connectivity index (χ1v) is 7.82. The number of nitrogens with one attached hydrogen (secondary N) is 1. The van der Waals surface area contributed by atoms with Crippen LogP contribution in [0.15, 0.2) is 18.2 Å². The smallest absolute Gasteiger partial charge is 0.255 e. The number of nitrogen functional groups attached to an aromatic ring is 1. The highest BCUT2D eigenvalue weighted by atomic mass is 16.5. The molecule has 1 aromatic carbocycles. The van der Waals surface area contributed by atoms with Gasteiger partial charge in [0.25, 0.3) is 5.91 Å². The second-order valence-corrected chi connectivity index (χ2v) is 6.35. The largest absolute Gasteiger partial charge is 0.490 e. The average Bonchev–Trinajstić information content (AvgIpc) is 2.43. The Hall–Kier alpha value is -1.71. The van der Waals surface area contributed by atoms with E-state index in [4.69, 9.17) is 10.5 Å².